The molecule has 30 heavy (non-hydrogen) atoms. The Morgan fingerprint density at radius 1 is 1.10 bits per heavy atom. The summed E-state index contributed by atoms with van der Waals surface area (Å²) in [6.45, 7) is 1.98. The lowest BCUT2D eigenvalue weighted by Crippen LogP contribution is -2.45. The van der Waals surface area contributed by atoms with Crippen molar-refractivity contribution in [2.75, 3.05) is 31.5 Å². The average Bonchev–Trinajstić information content (AvgIpc) is 3.11. The molecule has 1 unspecified atom stereocenters. The van der Waals surface area contributed by atoms with Crippen LogP contribution in [0.5, 0.6) is 0 Å². The van der Waals surface area contributed by atoms with Gasteiger partial charge in [-0.3, -0.25) is 14.4 Å². The van der Waals surface area contributed by atoms with Gasteiger partial charge in [0.15, 0.2) is 0 Å². The van der Waals surface area contributed by atoms with E-state index in [0.29, 0.717) is 38.2 Å². The number of amides is 3. The van der Waals surface area contributed by atoms with E-state index in [2.05, 4.69) is 5.32 Å². The van der Waals surface area contributed by atoms with E-state index in [4.69, 9.17) is 0 Å². The van der Waals surface area contributed by atoms with Crippen molar-refractivity contribution in [1.82, 2.24) is 9.80 Å². The third-order valence-corrected chi connectivity index (χ3v) is 5.64. The summed E-state index contributed by atoms with van der Waals surface area (Å²) in [4.78, 5) is 39.7. The SMILES string of the molecule is O=C(CCC1CCCN(C(=O)CN2CCCC2=O)C1)Nc1ccc(C(F)(F)F)cc1. The fourth-order valence-corrected chi connectivity index (χ4v) is 3.96. The number of hydrogen-bond acceptors (Lipinski definition) is 3. The quantitative estimate of drug-likeness (QED) is 0.761. The summed E-state index contributed by atoms with van der Waals surface area (Å²) in [5.74, 6) is -0.0998. The Balaban J connectivity index is 1.43. The molecule has 9 heteroatoms. The lowest BCUT2D eigenvalue weighted by atomic mass is 9.93. The topological polar surface area (TPSA) is 69.7 Å². The Kier molecular flexibility index (Phi) is 6.99. The number of benzene rings is 1. The molecule has 2 fully saturated rings. The fourth-order valence-electron chi connectivity index (χ4n) is 3.96. The van der Waals surface area contributed by atoms with E-state index in [1.165, 1.54) is 12.1 Å². The van der Waals surface area contributed by atoms with Crippen LogP contribution in [0.25, 0.3) is 0 Å². The molecule has 0 spiro atoms. The maximum atomic E-state index is 12.6. The second kappa shape index (κ2) is 9.49. The normalized spacial score (nSPS) is 19.8. The summed E-state index contributed by atoms with van der Waals surface area (Å²) in [6.07, 6.45) is -0.510. The minimum Gasteiger partial charge on any atom is -0.341 e. The molecule has 2 aliphatic heterocycles. The van der Waals surface area contributed by atoms with Crippen LogP contribution in [0, 0.1) is 5.92 Å². The molecule has 0 aromatic heterocycles. The van der Waals surface area contributed by atoms with Gasteiger partial charge in [0.05, 0.1) is 12.1 Å². The number of nitrogens with one attached hydrogen (secondary N) is 1. The summed E-state index contributed by atoms with van der Waals surface area (Å²) in [6, 6.07) is 4.35. The monoisotopic (exact) mass is 425 g/mol. The van der Waals surface area contributed by atoms with Gasteiger partial charge in [-0.25, -0.2) is 0 Å². The zero-order valence-electron chi connectivity index (χ0n) is 16.7. The van der Waals surface area contributed by atoms with Crippen LogP contribution >= 0.6 is 0 Å². The first-order valence-corrected chi connectivity index (χ1v) is 10.2. The van der Waals surface area contributed by atoms with Gasteiger partial charge in [0.1, 0.15) is 0 Å². The van der Waals surface area contributed by atoms with Crippen molar-refractivity contribution in [3.05, 3.63) is 29.8 Å². The molecule has 2 aliphatic rings. The zero-order valence-corrected chi connectivity index (χ0v) is 16.7. The van der Waals surface area contributed by atoms with Gasteiger partial charge in [0.25, 0.3) is 0 Å². The highest BCUT2D eigenvalue weighted by Gasteiger charge is 2.30. The standard InChI is InChI=1S/C21H26F3N3O3/c22-21(23,24)16-6-8-17(9-7-16)25-18(28)10-5-15-3-1-11-26(13-15)20(30)14-27-12-2-4-19(27)29/h6-9,15H,1-5,10-14H2,(H,25,28). The fraction of sp³-hybridized carbons (Fsp3) is 0.571. The Morgan fingerprint density at radius 3 is 2.47 bits per heavy atom. The van der Waals surface area contributed by atoms with Gasteiger partial charge < -0.3 is 15.1 Å². The molecule has 3 rings (SSSR count). The lowest BCUT2D eigenvalue weighted by Gasteiger charge is -2.33. The van der Waals surface area contributed by atoms with Crippen molar-refractivity contribution < 1.29 is 27.6 Å². The molecule has 1 aromatic carbocycles. The molecule has 3 amide bonds. The smallest absolute Gasteiger partial charge is 0.341 e. The van der Waals surface area contributed by atoms with Gasteiger partial charge in [0.2, 0.25) is 17.7 Å². The van der Waals surface area contributed by atoms with Crippen LogP contribution in [0.2, 0.25) is 0 Å². The Morgan fingerprint density at radius 2 is 1.83 bits per heavy atom. The maximum Gasteiger partial charge on any atom is 0.416 e. The first-order chi connectivity index (χ1) is 14.2. The van der Waals surface area contributed by atoms with E-state index in [0.717, 1.165) is 31.4 Å². The highest BCUT2D eigenvalue weighted by atomic mass is 19.4. The number of anilines is 1. The molecule has 2 saturated heterocycles. The summed E-state index contributed by atoms with van der Waals surface area (Å²) in [5, 5.41) is 2.62. The summed E-state index contributed by atoms with van der Waals surface area (Å²) < 4.78 is 37.8. The molecule has 0 bridgehead atoms. The van der Waals surface area contributed by atoms with E-state index >= 15 is 0 Å². The number of piperidine rings is 1. The number of carbonyl (C=O) groups excluding carboxylic acids is 3. The van der Waals surface area contributed by atoms with Crippen molar-refractivity contribution >= 4 is 23.4 Å². The third kappa shape index (κ3) is 5.96. The van der Waals surface area contributed by atoms with Crippen LogP contribution in [0.4, 0.5) is 18.9 Å². The molecule has 6 nitrogen and oxygen atoms in total. The van der Waals surface area contributed by atoms with Crippen LogP contribution in [0.3, 0.4) is 0 Å². The van der Waals surface area contributed by atoms with Gasteiger partial charge in [-0.1, -0.05) is 0 Å². The van der Waals surface area contributed by atoms with Crippen molar-refractivity contribution in [1.29, 1.82) is 0 Å². The lowest BCUT2D eigenvalue weighted by molar-refractivity contribution is -0.139. The average molecular weight is 425 g/mol. The number of nitrogens with zero attached hydrogens (tertiary/aromatic N) is 2. The molecule has 1 N–H and O–H groups in total. The molecule has 1 atom stereocenters. The number of alkyl halides is 3. The van der Waals surface area contributed by atoms with Crippen molar-refractivity contribution in [3.63, 3.8) is 0 Å². The van der Waals surface area contributed by atoms with Gasteiger partial charge in [-0.15, -0.1) is 0 Å². The largest absolute Gasteiger partial charge is 0.416 e. The third-order valence-electron chi connectivity index (χ3n) is 5.64. The zero-order chi connectivity index (χ0) is 21.7. The van der Waals surface area contributed by atoms with Crippen LogP contribution in [0.1, 0.15) is 44.1 Å². The Hall–Kier alpha value is -2.58. The molecular weight excluding hydrogens is 399 g/mol. The second-order valence-corrected chi connectivity index (χ2v) is 7.93. The number of rotatable bonds is 6. The van der Waals surface area contributed by atoms with Crippen molar-refractivity contribution in [2.24, 2.45) is 5.92 Å². The molecule has 0 aliphatic carbocycles. The molecule has 0 saturated carbocycles. The molecular formula is C21H26F3N3O3. The van der Waals surface area contributed by atoms with Crippen LogP contribution < -0.4 is 5.32 Å². The van der Waals surface area contributed by atoms with E-state index < -0.39 is 11.7 Å². The van der Waals surface area contributed by atoms with Gasteiger partial charge in [-0.05, 0) is 55.9 Å². The van der Waals surface area contributed by atoms with Crippen LogP contribution in [-0.4, -0.2) is 53.7 Å². The maximum absolute atomic E-state index is 12.6. The van der Waals surface area contributed by atoms with E-state index in [1.807, 2.05) is 0 Å². The predicted octanol–water partition coefficient (Wildman–Crippen LogP) is 3.29. The van der Waals surface area contributed by atoms with Crippen molar-refractivity contribution in [2.45, 2.75) is 44.7 Å². The summed E-state index contributed by atoms with van der Waals surface area (Å²) in [7, 11) is 0. The second-order valence-electron chi connectivity index (χ2n) is 7.93. The molecule has 1 aromatic rings. The highest BCUT2D eigenvalue weighted by Crippen LogP contribution is 2.30. The first kappa shape index (κ1) is 22.1. The first-order valence-electron chi connectivity index (χ1n) is 10.2. The minimum atomic E-state index is -4.41. The Labute approximate surface area is 173 Å². The van der Waals surface area contributed by atoms with Gasteiger partial charge >= 0.3 is 6.18 Å². The summed E-state index contributed by atoms with van der Waals surface area (Å²) >= 11 is 0. The highest BCUT2D eigenvalue weighted by molar-refractivity contribution is 5.90. The predicted molar refractivity (Wildman–Crippen MR) is 104 cm³/mol. The van der Waals surface area contributed by atoms with E-state index in [-0.39, 0.29) is 36.6 Å². The minimum absolute atomic E-state index is 0.0249. The Bertz CT molecular complexity index is 780. The van der Waals surface area contributed by atoms with Crippen LogP contribution in [-0.2, 0) is 20.6 Å². The number of likely N-dealkylation sites (tertiary alicyclic amines) is 2. The van der Waals surface area contributed by atoms with Gasteiger partial charge in [-0.2, -0.15) is 13.2 Å². The van der Waals surface area contributed by atoms with Gasteiger partial charge in [0, 0.05) is 38.2 Å². The summed E-state index contributed by atoms with van der Waals surface area (Å²) in [5.41, 5.74) is -0.438. The molecule has 164 valence electrons. The number of hydrogen-bond donors (Lipinski definition) is 1. The van der Waals surface area contributed by atoms with E-state index in [9.17, 15) is 27.6 Å². The number of carbonyl (C=O) groups is 3. The molecule has 2 heterocycles. The van der Waals surface area contributed by atoms with Crippen molar-refractivity contribution in [3.8, 4) is 0 Å². The van der Waals surface area contributed by atoms with Crippen LogP contribution in [0.15, 0.2) is 24.3 Å². The number of halogens is 3. The molecule has 0 radical (unpaired) electrons. The van der Waals surface area contributed by atoms with E-state index in [1.54, 1.807) is 9.80 Å².